The van der Waals surface area contributed by atoms with Crippen molar-refractivity contribution in [2.24, 2.45) is 0 Å². The molecule has 2 aromatic rings. The van der Waals surface area contributed by atoms with Crippen LogP contribution in [0.4, 0.5) is 5.69 Å². The Morgan fingerprint density at radius 1 is 1.31 bits per heavy atom. The van der Waals surface area contributed by atoms with Gasteiger partial charge in [0.05, 0.1) is 14.2 Å². The third-order valence-corrected chi connectivity index (χ3v) is 4.52. The Bertz CT molecular complexity index is 920. The number of halogens is 2. The molecule has 0 atom stereocenters. The first-order valence-corrected chi connectivity index (χ1v) is 8.68. The van der Waals surface area contributed by atoms with Crippen molar-refractivity contribution in [1.82, 2.24) is 0 Å². The summed E-state index contributed by atoms with van der Waals surface area (Å²) in [6, 6.07) is 10.6. The molecule has 0 aliphatic rings. The first-order valence-electron chi connectivity index (χ1n) is 7.51. The number of carbonyl (C=O) groups is 1. The van der Waals surface area contributed by atoms with Crippen LogP contribution < -0.4 is 14.8 Å². The van der Waals surface area contributed by atoms with Crippen molar-refractivity contribution < 1.29 is 14.3 Å². The van der Waals surface area contributed by atoms with Crippen LogP contribution in [-0.4, -0.2) is 20.1 Å². The summed E-state index contributed by atoms with van der Waals surface area (Å²) < 4.78 is 11.4. The topological polar surface area (TPSA) is 71.3 Å². The quantitative estimate of drug-likeness (QED) is 0.531. The molecule has 0 saturated carbocycles. The third-order valence-electron chi connectivity index (χ3n) is 3.65. The number of benzene rings is 2. The number of nitriles is 1. The van der Waals surface area contributed by atoms with Gasteiger partial charge in [-0.15, -0.1) is 0 Å². The number of amides is 1. The molecule has 2 rings (SSSR count). The number of carbonyl (C=O) groups excluding carboxylic acids is 1. The summed E-state index contributed by atoms with van der Waals surface area (Å²) >= 11 is 9.44. The maximum atomic E-state index is 12.5. The number of nitrogens with one attached hydrogen (secondary N) is 1. The fourth-order valence-corrected chi connectivity index (χ4v) is 2.93. The standard InChI is InChI=1S/C19H16BrClN2O3/c1-11-15(21)5-4-6-16(11)23-19(24)13(10-22)7-12-8-14(20)9-17(25-2)18(12)26-3/h4-9H,1-3H3,(H,23,24)/b13-7+. The molecule has 0 aliphatic carbocycles. The van der Waals surface area contributed by atoms with Crippen LogP contribution in [0.5, 0.6) is 11.5 Å². The van der Waals surface area contributed by atoms with Gasteiger partial charge in [-0.25, -0.2) is 0 Å². The molecular weight excluding hydrogens is 420 g/mol. The Kier molecular flexibility index (Phi) is 6.67. The average Bonchev–Trinajstić information content (AvgIpc) is 2.62. The SMILES string of the molecule is COc1cc(Br)cc(/C=C(\C#N)C(=O)Nc2cccc(Cl)c2C)c1OC. The van der Waals surface area contributed by atoms with E-state index in [1.165, 1.54) is 20.3 Å². The minimum Gasteiger partial charge on any atom is -0.493 e. The van der Waals surface area contributed by atoms with Crippen molar-refractivity contribution in [1.29, 1.82) is 5.26 Å². The molecule has 1 amide bonds. The van der Waals surface area contributed by atoms with Crippen molar-refractivity contribution in [3.05, 3.63) is 56.5 Å². The summed E-state index contributed by atoms with van der Waals surface area (Å²) in [7, 11) is 3.00. The summed E-state index contributed by atoms with van der Waals surface area (Å²) in [4.78, 5) is 12.5. The van der Waals surface area contributed by atoms with E-state index in [1.807, 2.05) is 6.07 Å². The van der Waals surface area contributed by atoms with E-state index in [1.54, 1.807) is 37.3 Å². The van der Waals surface area contributed by atoms with Gasteiger partial charge < -0.3 is 14.8 Å². The van der Waals surface area contributed by atoms with Crippen LogP contribution in [0.3, 0.4) is 0 Å². The summed E-state index contributed by atoms with van der Waals surface area (Å²) in [6.45, 7) is 1.79. The van der Waals surface area contributed by atoms with Crippen molar-refractivity contribution in [3.63, 3.8) is 0 Å². The second-order valence-electron chi connectivity index (χ2n) is 5.27. The van der Waals surface area contributed by atoms with E-state index in [0.717, 1.165) is 10.0 Å². The van der Waals surface area contributed by atoms with Gasteiger partial charge in [-0.3, -0.25) is 4.79 Å². The van der Waals surface area contributed by atoms with Crippen LogP contribution in [0.1, 0.15) is 11.1 Å². The number of anilines is 1. The van der Waals surface area contributed by atoms with E-state index < -0.39 is 5.91 Å². The highest BCUT2D eigenvalue weighted by atomic mass is 79.9. The van der Waals surface area contributed by atoms with Crippen LogP contribution in [-0.2, 0) is 4.79 Å². The van der Waals surface area contributed by atoms with Gasteiger partial charge in [-0.05, 0) is 42.8 Å². The summed E-state index contributed by atoms with van der Waals surface area (Å²) in [5.41, 5.74) is 1.72. The van der Waals surface area contributed by atoms with E-state index >= 15 is 0 Å². The van der Waals surface area contributed by atoms with Crippen LogP contribution in [0.25, 0.3) is 6.08 Å². The molecule has 2 aromatic carbocycles. The van der Waals surface area contributed by atoms with Crippen molar-refractivity contribution in [2.45, 2.75) is 6.92 Å². The number of nitrogens with zero attached hydrogens (tertiary/aromatic N) is 1. The van der Waals surface area contributed by atoms with E-state index in [4.69, 9.17) is 21.1 Å². The molecule has 0 spiro atoms. The molecular formula is C19H16BrClN2O3. The summed E-state index contributed by atoms with van der Waals surface area (Å²) in [5.74, 6) is 0.366. The molecule has 5 nitrogen and oxygen atoms in total. The Morgan fingerprint density at radius 3 is 2.65 bits per heavy atom. The lowest BCUT2D eigenvalue weighted by Gasteiger charge is -2.12. The molecule has 1 N–H and O–H groups in total. The molecule has 26 heavy (non-hydrogen) atoms. The Morgan fingerprint density at radius 2 is 2.04 bits per heavy atom. The average molecular weight is 436 g/mol. The Labute approximate surface area is 165 Å². The van der Waals surface area contributed by atoms with Gasteiger partial charge in [0.1, 0.15) is 11.6 Å². The fraction of sp³-hybridized carbons (Fsp3) is 0.158. The lowest BCUT2D eigenvalue weighted by molar-refractivity contribution is -0.112. The van der Waals surface area contributed by atoms with Gasteiger partial charge in [0.15, 0.2) is 11.5 Å². The first kappa shape index (κ1) is 19.8. The predicted molar refractivity (Wildman–Crippen MR) is 106 cm³/mol. The minimum atomic E-state index is -0.543. The molecule has 0 heterocycles. The van der Waals surface area contributed by atoms with Gasteiger partial charge in [0.25, 0.3) is 5.91 Å². The zero-order chi connectivity index (χ0) is 19.3. The summed E-state index contributed by atoms with van der Waals surface area (Å²) in [5, 5.41) is 12.7. The lowest BCUT2D eigenvalue weighted by Crippen LogP contribution is -2.14. The highest BCUT2D eigenvalue weighted by Crippen LogP contribution is 2.36. The van der Waals surface area contributed by atoms with Crippen LogP contribution >= 0.6 is 27.5 Å². The molecule has 0 radical (unpaired) electrons. The second kappa shape index (κ2) is 8.75. The number of hydrogen-bond acceptors (Lipinski definition) is 4. The monoisotopic (exact) mass is 434 g/mol. The molecule has 0 unspecified atom stereocenters. The van der Waals surface area contributed by atoms with Gasteiger partial charge in [0, 0.05) is 20.7 Å². The lowest BCUT2D eigenvalue weighted by atomic mass is 10.1. The van der Waals surface area contributed by atoms with E-state index in [0.29, 0.717) is 27.8 Å². The van der Waals surface area contributed by atoms with Gasteiger partial charge in [0.2, 0.25) is 0 Å². The number of ether oxygens (including phenoxy) is 2. The maximum Gasteiger partial charge on any atom is 0.266 e. The van der Waals surface area contributed by atoms with E-state index in [9.17, 15) is 10.1 Å². The molecule has 134 valence electrons. The van der Waals surface area contributed by atoms with Crippen LogP contribution in [0.2, 0.25) is 5.02 Å². The van der Waals surface area contributed by atoms with Crippen molar-refractivity contribution in [3.8, 4) is 17.6 Å². The fourth-order valence-electron chi connectivity index (χ4n) is 2.30. The molecule has 0 fully saturated rings. The number of hydrogen-bond donors (Lipinski definition) is 1. The highest BCUT2D eigenvalue weighted by molar-refractivity contribution is 9.10. The zero-order valence-corrected chi connectivity index (χ0v) is 16.7. The predicted octanol–water partition coefficient (Wildman–Crippen LogP) is 4.97. The molecule has 0 saturated heterocycles. The Balaban J connectivity index is 2.42. The van der Waals surface area contributed by atoms with Gasteiger partial charge in [-0.2, -0.15) is 5.26 Å². The second-order valence-corrected chi connectivity index (χ2v) is 6.59. The van der Waals surface area contributed by atoms with E-state index in [2.05, 4.69) is 21.2 Å². The molecule has 0 aromatic heterocycles. The largest absolute Gasteiger partial charge is 0.493 e. The van der Waals surface area contributed by atoms with Crippen LogP contribution in [0.15, 0.2) is 40.4 Å². The normalized spacial score (nSPS) is 10.8. The molecule has 0 aliphatic heterocycles. The van der Waals surface area contributed by atoms with Crippen LogP contribution in [0, 0.1) is 18.3 Å². The van der Waals surface area contributed by atoms with Crippen molar-refractivity contribution in [2.75, 3.05) is 19.5 Å². The van der Waals surface area contributed by atoms with Crippen molar-refractivity contribution >= 4 is 45.2 Å². The zero-order valence-electron chi connectivity index (χ0n) is 14.4. The first-order chi connectivity index (χ1) is 12.4. The Hall–Kier alpha value is -2.49. The smallest absolute Gasteiger partial charge is 0.266 e. The van der Waals surface area contributed by atoms with Gasteiger partial charge >= 0.3 is 0 Å². The number of methoxy groups -OCH3 is 2. The highest BCUT2D eigenvalue weighted by Gasteiger charge is 2.15. The molecule has 0 bridgehead atoms. The minimum absolute atomic E-state index is 0.0807. The summed E-state index contributed by atoms with van der Waals surface area (Å²) in [6.07, 6.45) is 1.45. The maximum absolute atomic E-state index is 12.5. The number of rotatable bonds is 5. The van der Waals surface area contributed by atoms with E-state index in [-0.39, 0.29) is 5.57 Å². The molecule has 7 heteroatoms. The third kappa shape index (κ3) is 4.37. The van der Waals surface area contributed by atoms with Gasteiger partial charge in [-0.1, -0.05) is 33.6 Å².